The van der Waals surface area contributed by atoms with E-state index in [1.807, 2.05) is 26.2 Å². The lowest BCUT2D eigenvalue weighted by Gasteiger charge is -2.30. The lowest BCUT2D eigenvalue weighted by Crippen LogP contribution is -2.33. The molecule has 0 radical (unpaired) electrons. The molecule has 1 aromatic heterocycles. The van der Waals surface area contributed by atoms with Gasteiger partial charge >= 0.3 is 0 Å². The number of anilines is 1. The Kier molecular flexibility index (Phi) is 7.08. The highest BCUT2D eigenvalue weighted by molar-refractivity contribution is 5.48. The van der Waals surface area contributed by atoms with Crippen LogP contribution in [-0.2, 0) is 4.79 Å². The number of nitrogens with zero attached hydrogens (tertiary/aromatic N) is 3. The SMILES string of the molecule is CCCC=O.Cc1cnc(N2CCC(C)CC2)nc1. The van der Waals surface area contributed by atoms with Crippen molar-refractivity contribution in [1.82, 2.24) is 9.97 Å². The van der Waals surface area contributed by atoms with E-state index in [1.165, 1.54) is 12.8 Å². The van der Waals surface area contributed by atoms with Crippen LogP contribution in [0, 0.1) is 12.8 Å². The molecule has 1 fully saturated rings. The minimum Gasteiger partial charge on any atom is -0.341 e. The first-order valence-electron chi connectivity index (χ1n) is 7.14. The lowest BCUT2D eigenvalue weighted by atomic mass is 10.00. The molecular weight excluding hydrogens is 238 g/mol. The summed E-state index contributed by atoms with van der Waals surface area (Å²) < 4.78 is 0. The van der Waals surface area contributed by atoms with Gasteiger partial charge in [-0.3, -0.25) is 0 Å². The highest BCUT2D eigenvalue weighted by atomic mass is 16.1. The molecule has 19 heavy (non-hydrogen) atoms. The van der Waals surface area contributed by atoms with Crippen molar-refractivity contribution in [2.75, 3.05) is 18.0 Å². The number of aryl methyl sites for hydroxylation is 1. The molecule has 2 rings (SSSR count). The highest BCUT2D eigenvalue weighted by Gasteiger charge is 2.17. The molecule has 0 bridgehead atoms. The predicted molar refractivity (Wildman–Crippen MR) is 78.4 cm³/mol. The molecule has 0 atom stereocenters. The Hall–Kier alpha value is -1.45. The zero-order chi connectivity index (χ0) is 14.1. The largest absolute Gasteiger partial charge is 0.341 e. The molecule has 2 heterocycles. The molecule has 0 aliphatic carbocycles. The Balaban J connectivity index is 0.000000312. The number of piperidine rings is 1. The van der Waals surface area contributed by atoms with E-state index in [0.717, 1.165) is 43.2 Å². The van der Waals surface area contributed by atoms with E-state index in [1.54, 1.807) is 0 Å². The first-order chi connectivity index (χ1) is 9.17. The van der Waals surface area contributed by atoms with Crippen LogP contribution in [0.2, 0.25) is 0 Å². The van der Waals surface area contributed by atoms with Crippen LogP contribution in [-0.4, -0.2) is 29.3 Å². The smallest absolute Gasteiger partial charge is 0.225 e. The van der Waals surface area contributed by atoms with Crippen molar-refractivity contribution in [2.24, 2.45) is 5.92 Å². The van der Waals surface area contributed by atoms with E-state index in [9.17, 15) is 4.79 Å². The van der Waals surface area contributed by atoms with Gasteiger partial charge in [0.2, 0.25) is 5.95 Å². The monoisotopic (exact) mass is 263 g/mol. The van der Waals surface area contributed by atoms with E-state index in [-0.39, 0.29) is 0 Å². The number of hydrogen-bond acceptors (Lipinski definition) is 4. The number of carbonyl (C=O) groups excluding carboxylic acids is 1. The Bertz CT molecular complexity index is 356. The summed E-state index contributed by atoms with van der Waals surface area (Å²) in [5.74, 6) is 1.75. The third kappa shape index (κ3) is 5.81. The summed E-state index contributed by atoms with van der Waals surface area (Å²) in [5, 5.41) is 0. The molecule has 4 heteroatoms. The fourth-order valence-electron chi connectivity index (χ4n) is 1.88. The van der Waals surface area contributed by atoms with Crippen LogP contribution in [0.1, 0.15) is 45.1 Å². The van der Waals surface area contributed by atoms with Crippen LogP contribution in [0.3, 0.4) is 0 Å². The number of hydrogen-bond donors (Lipinski definition) is 0. The van der Waals surface area contributed by atoms with Crippen LogP contribution >= 0.6 is 0 Å². The molecular formula is C15H25N3O. The van der Waals surface area contributed by atoms with Crippen molar-refractivity contribution < 1.29 is 4.79 Å². The summed E-state index contributed by atoms with van der Waals surface area (Å²) in [6.07, 6.45) is 8.92. The average molecular weight is 263 g/mol. The minimum absolute atomic E-state index is 0.708. The normalized spacial score (nSPS) is 15.6. The summed E-state index contributed by atoms with van der Waals surface area (Å²) in [7, 11) is 0. The van der Waals surface area contributed by atoms with Crippen molar-refractivity contribution in [3.8, 4) is 0 Å². The molecule has 0 N–H and O–H groups in total. The van der Waals surface area contributed by atoms with Gasteiger partial charge in [-0.1, -0.05) is 13.8 Å². The molecule has 0 spiro atoms. The molecule has 4 nitrogen and oxygen atoms in total. The van der Waals surface area contributed by atoms with Crippen LogP contribution in [0.25, 0.3) is 0 Å². The van der Waals surface area contributed by atoms with Crippen LogP contribution in [0.4, 0.5) is 5.95 Å². The summed E-state index contributed by atoms with van der Waals surface area (Å²) in [6.45, 7) is 8.51. The maximum Gasteiger partial charge on any atom is 0.225 e. The Morgan fingerprint density at radius 3 is 2.32 bits per heavy atom. The molecule has 0 amide bonds. The van der Waals surface area contributed by atoms with Crippen molar-refractivity contribution in [2.45, 2.75) is 46.5 Å². The first kappa shape index (κ1) is 15.6. The maximum absolute atomic E-state index is 9.40. The maximum atomic E-state index is 9.40. The van der Waals surface area contributed by atoms with Gasteiger partial charge in [-0.2, -0.15) is 0 Å². The predicted octanol–water partition coefficient (Wildman–Crippen LogP) is 3.01. The molecule has 106 valence electrons. The van der Waals surface area contributed by atoms with E-state index in [4.69, 9.17) is 0 Å². The van der Waals surface area contributed by atoms with Gasteiger partial charge in [0, 0.05) is 31.9 Å². The Morgan fingerprint density at radius 2 is 1.89 bits per heavy atom. The van der Waals surface area contributed by atoms with Gasteiger partial charge in [0.05, 0.1) is 0 Å². The van der Waals surface area contributed by atoms with Crippen molar-refractivity contribution >= 4 is 12.2 Å². The zero-order valence-electron chi connectivity index (χ0n) is 12.3. The van der Waals surface area contributed by atoms with E-state index in [0.29, 0.717) is 6.42 Å². The van der Waals surface area contributed by atoms with Gasteiger partial charge in [-0.15, -0.1) is 0 Å². The van der Waals surface area contributed by atoms with Crippen molar-refractivity contribution in [3.05, 3.63) is 18.0 Å². The summed E-state index contributed by atoms with van der Waals surface area (Å²) in [5.41, 5.74) is 1.12. The third-order valence-electron chi connectivity index (χ3n) is 3.24. The van der Waals surface area contributed by atoms with Gasteiger partial charge in [0.15, 0.2) is 0 Å². The fraction of sp³-hybridized carbons (Fsp3) is 0.667. The number of carbonyl (C=O) groups is 1. The summed E-state index contributed by atoms with van der Waals surface area (Å²) in [4.78, 5) is 20.4. The number of aldehydes is 1. The van der Waals surface area contributed by atoms with Gasteiger partial charge in [-0.25, -0.2) is 9.97 Å². The second-order valence-electron chi connectivity index (χ2n) is 5.19. The summed E-state index contributed by atoms with van der Waals surface area (Å²) in [6, 6.07) is 0. The van der Waals surface area contributed by atoms with E-state index < -0.39 is 0 Å². The zero-order valence-corrected chi connectivity index (χ0v) is 12.3. The molecule has 1 aliphatic heterocycles. The van der Waals surface area contributed by atoms with E-state index in [2.05, 4.69) is 21.8 Å². The summed E-state index contributed by atoms with van der Waals surface area (Å²) >= 11 is 0. The van der Waals surface area contributed by atoms with Gasteiger partial charge in [-0.05, 0) is 37.7 Å². The second-order valence-corrected chi connectivity index (χ2v) is 5.19. The standard InChI is InChI=1S/C11H17N3.C4H8O/c1-9-3-5-14(6-4-9)11-12-7-10(2)8-13-11;1-2-3-4-5/h7-9H,3-6H2,1-2H3;4H,2-3H2,1H3. The molecule has 0 saturated carbocycles. The van der Waals surface area contributed by atoms with Gasteiger partial charge in [0.1, 0.15) is 6.29 Å². The molecule has 1 aromatic rings. The lowest BCUT2D eigenvalue weighted by molar-refractivity contribution is -0.107. The van der Waals surface area contributed by atoms with Crippen molar-refractivity contribution in [1.29, 1.82) is 0 Å². The Labute approximate surface area is 116 Å². The molecule has 1 aliphatic rings. The first-order valence-corrected chi connectivity index (χ1v) is 7.14. The molecule has 0 unspecified atom stereocenters. The number of aromatic nitrogens is 2. The minimum atomic E-state index is 0.708. The Morgan fingerprint density at radius 1 is 1.32 bits per heavy atom. The van der Waals surface area contributed by atoms with Gasteiger partial charge < -0.3 is 9.69 Å². The quantitative estimate of drug-likeness (QED) is 0.786. The molecule has 0 aromatic carbocycles. The third-order valence-corrected chi connectivity index (χ3v) is 3.24. The van der Waals surface area contributed by atoms with Crippen LogP contribution in [0.5, 0.6) is 0 Å². The fourth-order valence-corrected chi connectivity index (χ4v) is 1.88. The number of rotatable bonds is 3. The van der Waals surface area contributed by atoms with Crippen LogP contribution < -0.4 is 4.90 Å². The second kappa shape index (κ2) is 8.62. The van der Waals surface area contributed by atoms with Crippen molar-refractivity contribution in [3.63, 3.8) is 0 Å². The van der Waals surface area contributed by atoms with Gasteiger partial charge in [0.25, 0.3) is 0 Å². The average Bonchev–Trinajstić information content (AvgIpc) is 2.42. The topological polar surface area (TPSA) is 46.1 Å². The highest BCUT2D eigenvalue weighted by Crippen LogP contribution is 2.19. The van der Waals surface area contributed by atoms with Crippen LogP contribution in [0.15, 0.2) is 12.4 Å². The number of unbranched alkanes of at least 4 members (excludes halogenated alkanes) is 1. The molecule has 1 saturated heterocycles. The van der Waals surface area contributed by atoms with E-state index >= 15 is 0 Å².